The van der Waals surface area contributed by atoms with Crippen molar-refractivity contribution in [2.45, 2.75) is 18.9 Å². The van der Waals surface area contributed by atoms with Gasteiger partial charge in [0.1, 0.15) is 5.75 Å². The normalized spacial score (nSPS) is 14.7. The third kappa shape index (κ3) is 5.00. The number of furan rings is 1. The van der Waals surface area contributed by atoms with Gasteiger partial charge in [-0.2, -0.15) is 0 Å². The molecule has 1 aromatic heterocycles. The van der Waals surface area contributed by atoms with Crippen molar-refractivity contribution in [1.82, 2.24) is 10.2 Å². The summed E-state index contributed by atoms with van der Waals surface area (Å²) >= 11 is 0. The molecule has 3 aromatic rings. The van der Waals surface area contributed by atoms with Crippen LogP contribution < -0.4 is 15.4 Å². The minimum Gasteiger partial charge on any atom is -0.496 e. The lowest BCUT2D eigenvalue weighted by Gasteiger charge is -2.29. The summed E-state index contributed by atoms with van der Waals surface area (Å²) in [6.45, 7) is 2.49. The summed E-state index contributed by atoms with van der Waals surface area (Å²) in [7, 11) is 1.67. The molecule has 1 saturated heterocycles. The highest BCUT2D eigenvalue weighted by atomic mass is 16.5. The zero-order valence-corrected chi connectivity index (χ0v) is 18.0. The van der Waals surface area contributed by atoms with Crippen LogP contribution in [0.4, 0.5) is 5.69 Å². The van der Waals surface area contributed by atoms with E-state index in [-0.39, 0.29) is 23.6 Å². The molecule has 166 valence electrons. The Morgan fingerprint density at radius 1 is 1.00 bits per heavy atom. The summed E-state index contributed by atoms with van der Waals surface area (Å²) in [6.07, 6.45) is 3.76. The van der Waals surface area contributed by atoms with Gasteiger partial charge in [-0.15, -0.1) is 0 Å². The lowest BCUT2D eigenvalue weighted by molar-refractivity contribution is 0.0936. The molecule has 1 aliphatic rings. The first kappa shape index (κ1) is 21.6. The predicted octanol–water partition coefficient (Wildman–Crippen LogP) is 4.11. The van der Waals surface area contributed by atoms with Gasteiger partial charge in [0.25, 0.3) is 11.8 Å². The number of para-hydroxylation sites is 1. The highest BCUT2D eigenvalue weighted by Crippen LogP contribution is 2.31. The monoisotopic (exact) mass is 433 g/mol. The maximum absolute atomic E-state index is 12.8. The van der Waals surface area contributed by atoms with E-state index < -0.39 is 0 Å². The average Bonchev–Trinajstić information content (AvgIpc) is 3.55. The van der Waals surface area contributed by atoms with Gasteiger partial charge in [0.05, 0.1) is 19.4 Å². The maximum Gasteiger partial charge on any atom is 0.291 e. The quantitative estimate of drug-likeness (QED) is 0.559. The van der Waals surface area contributed by atoms with Crippen LogP contribution in [0.15, 0.2) is 71.3 Å². The summed E-state index contributed by atoms with van der Waals surface area (Å²) in [5, 5.41) is 5.82. The van der Waals surface area contributed by atoms with Crippen molar-refractivity contribution in [3.8, 4) is 5.75 Å². The number of hydrogen-bond acceptors (Lipinski definition) is 5. The molecule has 2 amide bonds. The Kier molecular flexibility index (Phi) is 6.87. The van der Waals surface area contributed by atoms with E-state index in [0.29, 0.717) is 17.8 Å². The maximum atomic E-state index is 12.8. The molecule has 0 bridgehead atoms. The standard InChI is InChI=1S/C25H27N3O4/c1-31-22-8-3-2-7-20(22)21(28-14-4-5-15-28)17-26-24(29)18-10-12-19(13-11-18)27-25(30)23-9-6-16-32-23/h2-3,6-13,16,21H,4-5,14-15,17H2,1H3,(H,26,29)(H,27,30). The van der Waals surface area contributed by atoms with E-state index in [9.17, 15) is 9.59 Å². The molecule has 0 aliphatic carbocycles. The molecule has 1 unspecified atom stereocenters. The first-order chi connectivity index (χ1) is 15.7. The molecule has 0 radical (unpaired) electrons. The molecule has 2 N–H and O–H groups in total. The van der Waals surface area contributed by atoms with Crippen molar-refractivity contribution in [1.29, 1.82) is 0 Å². The number of anilines is 1. The highest BCUT2D eigenvalue weighted by molar-refractivity contribution is 6.02. The molecule has 2 aromatic carbocycles. The first-order valence-corrected chi connectivity index (χ1v) is 10.8. The Labute approximate surface area is 187 Å². The summed E-state index contributed by atoms with van der Waals surface area (Å²) in [5.74, 6) is 0.567. The number of benzene rings is 2. The summed E-state index contributed by atoms with van der Waals surface area (Å²) in [4.78, 5) is 27.3. The molecule has 1 atom stereocenters. The number of carbonyl (C=O) groups is 2. The fourth-order valence-electron chi connectivity index (χ4n) is 4.03. The number of amides is 2. The van der Waals surface area contributed by atoms with E-state index in [4.69, 9.17) is 9.15 Å². The molecule has 2 heterocycles. The number of carbonyl (C=O) groups excluding carboxylic acids is 2. The second-order valence-electron chi connectivity index (χ2n) is 7.72. The van der Waals surface area contributed by atoms with Crippen LogP contribution >= 0.6 is 0 Å². The first-order valence-electron chi connectivity index (χ1n) is 10.8. The SMILES string of the molecule is COc1ccccc1C(CNC(=O)c1ccc(NC(=O)c2ccco2)cc1)N1CCCC1. The van der Waals surface area contributed by atoms with Crippen LogP contribution in [0.5, 0.6) is 5.75 Å². The Balaban J connectivity index is 1.41. The van der Waals surface area contributed by atoms with Gasteiger partial charge in [0, 0.05) is 23.4 Å². The van der Waals surface area contributed by atoms with E-state index in [0.717, 1.165) is 37.2 Å². The molecular weight excluding hydrogens is 406 g/mol. The van der Waals surface area contributed by atoms with Gasteiger partial charge in [-0.05, 0) is 68.4 Å². The second-order valence-corrected chi connectivity index (χ2v) is 7.72. The lowest BCUT2D eigenvalue weighted by Crippen LogP contribution is -2.37. The van der Waals surface area contributed by atoms with Crippen molar-refractivity contribution < 1.29 is 18.7 Å². The van der Waals surface area contributed by atoms with Gasteiger partial charge in [-0.25, -0.2) is 0 Å². The molecular formula is C25H27N3O4. The summed E-state index contributed by atoms with van der Waals surface area (Å²) in [6, 6.07) is 18.1. The number of rotatable bonds is 8. The minimum atomic E-state index is -0.336. The van der Waals surface area contributed by atoms with E-state index >= 15 is 0 Å². The zero-order chi connectivity index (χ0) is 22.3. The van der Waals surface area contributed by atoms with Crippen LogP contribution in [0.25, 0.3) is 0 Å². The molecule has 1 fully saturated rings. The Bertz CT molecular complexity index is 1040. The molecule has 32 heavy (non-hydrogen) atoms. The van der Waals surface area contributed by atoms with Crippen LogP contribution in [0.3, 0.4) is 0 Å². The van der Waals surface area contributed by atoms with Crippen molar-refractivity contribution >= 4 is 17.5 Å². The lowest BCUT2D eigenvalue weighted by atomic mass is 10.0. The fourth-order valence-corrected chi connectivity index (χ4v) is 4.03. The Morgan fingerprint density at radius 3 is 2.44 bits per heavy atom. The van der Waals surface area contributed by atoms with E-state index in [1.165, 1.54) is 6.26 Å². The average molecular weight is 434 g/mol. The molecule has 0 spiro atoms. The van der Waals surface area contributed by atoms with Gasteiger partial charge < -0.3 is 19.8 Å². The Hall–Kier alpha value is -3.58. The predicted molar refractivity (Wildman–Crippen MR) is 122 cm³/mol. The van der Waals surface area contributed by atoms with Crippen molar-refractivity contribution in [3.05, 3.63) is 83.8 Å². The highest BCUT2D eigenvalue weighted by Gasteiger charge is 2.26. The number of methoxy groups -OCH3 is 1. The van der Waals surface area contributed by atoms with Crippen molar-refractivity contribution in [2.24, 2.45) is 0 Å². The summed E-state index contributed by atoms with van der Waals surface area (Å²) < 4.78 is 10.7. The van der Waals surface area contributed by atoms with E-state index in [2.05, 4.69) is 21.6 Å². The van der Waals surface area contributed by atoms with Crippen molar-refractivity contribution in [3.63, 3.8) is 0 Å². The van der Waals surface area contributed by atoms with Gasteiger partial charge in [-0.1, -0.05) is 18.2 Å². The van der Waals surface area contributed by atoms with Crippen molar-refractivity contribution in [2.75, 3.05) is 32.1 Å². The van der Waals surface area contributed by atoms with Crippen LogP contribution in [0.1, 0.15) is 45.4 Å². The van der Waals surface area contributed by atoms with E-state index in [1.54, 1.807) is 43.5 Å². The minimum absolute atomic E-state index is 0.0458. The van der Waals surface area contributed by atoms with Crippen LogP contribution in [0.2, 0.25) is 0 Å². The largest absolute Gasteiger partial charge is 0.496 e. The third-order valence-electron chi connectivity index (χ3n) is 5.69. The number of nitrogens with zero attached hydrogens (tertiary/aromatic N) is 1. The molecule has 7 nitrogen and oxygen atoms in total. The van der Waals surface area contributed by atoms with E-state index in [1.807, 2.05) is 18.2 Å². The molecule has 0 saturated carbocycles. The molecule has 4 rings (SSSR count). The van der Waals surface area contributed by atoms with Gasteiger partial charge in [0.2, 0.25) is 0 Å². The number of likely N-dealkylation sites (tertiary alicyclic amines) is 1. The number of nitrogens with one attached hydrogen (secondary N) is 2. The van der Waals surface area contributed by atoms with Gasteiger partial charge in [0.15, 0.2) is 5.76 Å². The topological polar surface area (TPSA) is 83.8 Å². The second kappa shape index (κ2) is 10.2. The van der Waals surface area contributed by atoms with Gasteiger partial charge >= 0.3 is 0 Å². The summed E-state index contributed by atoms with van der Waals surface area (Å²) in [5.41, 5.74) is 2.20. The molecule has 1 aliphatic heterocycles. The number of ether oxygens (including phenoxy) is 1. The van der Waals surface area contributed by atoms with Crippen LogP contribution in [-0.2, 0) is 0 Å². The third-order valence-corrected chi connectivity index (χ3v) is 5.69. The fraction of sp³-hybridized carbons (Fsp3) is 0.280. The number of hydrogen-bond donors (Lipinski definition) is 2. The zero-order valence-electron chi connectivity index (χ0n) is 18.0. The smallest absolute Gasteiger partial charge is 0.291 e. The van der Waals surface area contributed by atoms with Gasteiger partial charge in [-0.3, -0.25) is 14.5 Å². The van der Waals surface area contributed by atoms with Crippen LogP contribution in [-0.4, -0.2) is 43.5 Å². The van der Waals surface area contributed by atoms with Crippen LogP contribution in [0, 0.1) is 0 Å². The Morgan fingerprint density at radius 2 is 1.75 bits per heavy atom. The molecule has 7 heteroatoms.